The van der Waals surface area contributed by atoms with Gasteiger partial charge in [-0.15, -0.1) is 0 Å². The molecule has 4 heteroatoms. The third-order valence-corrected chi connectivity index (χ3v) is 3.61. The second kappa shape index (κ2) is 6.53. The molecule has 0 bridgehead atoms. The van der Waals surface area contributed by atoms with Gasteiger partial charge in [0.05, 0.1) is 11.3 Å². The minimum atomic E-state index is 0.559. The molecule has 1 fully saturated rings. The fourth-order valence-corrected chi connectivity index (χ4v) is 2.68. The molecule has 0 spiro atoms. The Morgan fingerprint density at radius 1 is 1.30 bits per heavy atom. The van der Waals surface area contributed by atoms with Gasteiger partial charge in [-0.2, -0.15) is 5.26 Å². The maximum Gasteiger partial charge on any atom is 0.150 e. The highest BCUT2D eigenvalue weighted by molar-refractivity contribution is 5.78. The predicted octanol–water partition coefficient (Wildman–Crippen LogP) is 2.15. The van der Waals surface area contributed by atoms with Gasteiger partial charge in [-0.3, -0.25) is 9.69 Å². The first-order valence-electron chi connectivity index (χ1n) is 7.10. The maximum absolute atomic E-state index is 10.8. The Morgan fingerprint density at radius 2 is 2.00 bits per heavy atom. The van der Waals surface area contributed by atoms with Gasteiger partial charge in [0.2, 0.25) is 0 Å². The van der Waals surface area contributed by atoms with Crippen LogP contribution in [0, 0.1) is 17.2 Å². The lowest BCUT2D eigenvalue weighted by atomic mass is 10.1. The molecule has 4 nitrogen and oxygen atoms in total. The van der Waals surface area contributed by atoms with Gasteiger partial charge in [-0.05, 0) is 24.1 Å². The van der Waals surface area contributed by atoms with E-state index in [9.17, 15) is 10.1 Å². The highest BCUT2D eigenvalue weighted by Crippen LogP contribution is 2.22. The third kappa shape index (κ3) is 3.37. The molecule has 20 heavy (non-hydrogen) atoms. The van der Waals surface area contributed by atoms with Gasteiger partial charge in [0.15, 0.2) is 0 Å². The van der Waals surface area contributed by atoms with Crippen LogP contribution in [0.1, 0.15) is 29.8 Å². The molecule has 0 atom stereocenters. The molecule has 1 saturated heterocycles. The lowest BCUT2D eigenvalue weighted by molar-refractivity contribution is 0.112. The zero-order valence-electron chi connectivity index (χ0n) is 12.2. The molecule has 106 valence electrons. The number of hydrogen-bond acceptors (Lipinski definition) is 4. The Balaban J connectivity index is 2.07. The van der Waals surface area contributed by atoms with Crippen molar-refractivity contribution in [2.45, 2.75) is 13.8 Å². The first-order chi connectivity index (χ1) is 9.63. The summed E-state index contributed by atoms with van der Waals surface area (Å²) in [5, 5.41) is 9.24. The monoisotopic (exact) mass is 271 g/mol. The van der Waals surface area contributed by atoms with Gasteiger partial charge in [-0.25, -0.2) is 0 Å². The van der Waals surface area contributed by atoms with Crippen LogP contribution in [0.25, 0.3) is 0 Å². The van der Waals surface area contributed by atoms with Crippen molar-refractivity contribution in [3.8, 4) is 6.07 Å². The van der Waals surface area contributed by atoms with Gasteiger partial charge in [0, 0.05) is 38.3 Å². The number of anilines is 1. The normalized spacial score (nSPS) is 16.2. The molecule has 1 aliphatic rings. The number of carbonyl (C=O) groups excluding carboxylic acids is 1. The van der Waals surface area contributed by atoms with E-state index in [0.717, 1.165) is 44.7 Å². The molecule has 1 aromatic carbocycles. The summed E-state index contributed by atoms with van der Waals surface area (Å²) < 4.78 is 0. The Morgan fingerprint density at radius 3 is 2.55 bits per heavy atom. The van der Waals surface area contributed by atoms with Crippen LogP contribution in [0.2, 0.25) is 0 Å². The van der Waals surface area contributed by atoms with E-state index in [4.69, 9.17) is 0 Å². The standard InChI is InChI=1S/C16H21N3O/c1-13(2)11-18-5-7-19(8-6-18)16-4-3-14(12-20)9-15(16)10-17/h3-4,9,12-13H,5-8,11H2,1-2H3. The first kappa shape index (κ1) is 14.5. The Bertz CT molecular complexity index is 511. The fourth-order valence-electron chi connectivity index (χ4n) is 2.68. The molecule has 0 N–H and O–H groups in total. The molecule has 0 radical (unpaired) electrons. The highest BCUT2D eigenvalue weighted by atomic mass is 16.1. The average molecular weight is 271 g/mol. The zero-order valence-corrected chi connectivity index (χ0v) is 12.2. The largest absolute Gasteiger partial charge is 0.368 e. The topological polar surface area (TPSA) is 47.3 Å². The molecule has 1 aromatic rings. The van der Waals surface area contributed by atoms with Gasteiger partial charge in [-0.1, -0.05) is 13.8 Å². The van der Waals surface area contributed by atoms with E-state index < -0.39 is 0 Å². The number of rotatable bonds is 4. The predicted molar refractivity (Wildman–Crippen MR) is 80.0 cm³/mol. The Hall–Kier alpha value is -1.86. The molecule has 0 unspecified atom stereocenters. The molecule has 0 aliphatic carbocycles. The summed E-state index contributed by atoms with van der Waals surface area (Å²) in [6.45, 7) is 9.51. The van der Waals surface area contributed by atoms with E-state index in [1.165, 1.54) is 0 Å². The summed E-state index contributed by atoms with van der Waals surface area (Å²) in [7, 11) is 0. The van der Waals surface area contributed by atoms with Crippen molar-refractivity contribution in [2.24, 2.45) is 5.92 Å². The van der Waals surface area contributed by atoms with Gasteiger partial charge in [0.1, 0.15) is 12.4 Å². The van der Waals surface area contributed by atoms with E-state index >= 15 is 0 Å². The average Bonchev–Trinajstić information content (AvgIpc) is 2.47. The van der Waals surface area contributed by atoms with Crippen molar-refractivity contribution in [3.63, 3.8) is 0 Å². The number of hydrogen-bond donors (Lipinski definition) is 0. The van der Waals surface area contributed by atoms with E-state index in [1.54, 1.807) is 12.1 Å². The van der Waals surface area contributed by atoms with Gasteiger partial charge in [0.25, 0.3) is 0 Å². The number of nitrogens with zero attached hydrogens (tertiary/aromatic N) is 3. The highest BCUT2D eigenvalue weighted by Gasteiger charge is 2.19. The van der Waals surface area contributed by atoms with Crippen molar-refractivity contribution in [2.75, 3.05) is 37.6 Å². The summed E-state index contributed by atoms with van der Waals surface area (Å²) in [4.78, 5) is 15.5. The smallest absolute Gasteiger partial charge is 0.150 e. The van der Waals surface area contributed by atoms with Crippen molar-refractivity contribution < 1.29 is 4.79 Å². The quantitative estimate of drug-likeness (QED) is 0.787. The van der Waals surface area contributed by atoms with Gasteiger partial charge < -0.3 is 4.90 Å². The summed E-state index contributed by atoms with van der Waals surface area (Å²) in [6.07, 6.45) is 0.783. The summed E-state index contributed by atoms with van der Waals surface area (Å²) >= 11 is 0. The number of carbonyl (C=O) groups is 1. The van der Waals surface area contributed by atoms with Crippen LogP contribution >= 0.6 is 0 Å². The molecule has 0 saturated carbocycles. The molecular formula is C16H21N3O. The van der Waals surface area contributed by atoms with Crippen molar-refractivity contribution >= 4 is 12.0 Å². The molecule has 0 amide bonds. The van der Waals surface area contributed by atoms with Crippen LogP contribution in [0.3, 0.4) is 0 Å². The van der Waals surface area contributed by atoms with E-state index in [0.29, 0.717) is 17.0 Å². The van der Waals surface area contributed by atoms with Crippen LogP contribution in [-0.4, -0.2) is 43.9 Å². The molecule has 2 rings (SSSR count). The fraction of sp³-hybridized carbons (Fsp3) is 0.500. The van der Waals surface area contributed by atoms with Crippen LogP contribution in [0.15, 0.2) is 18.2 Å². The Kier molecular flexibility index (Phi) is 4.75. The van der Waals surface area contributed by atoms with Gasteiger partial charge >= 0.3 is 0 Å². The number of piperazine rings is 1. The minimum absolute atomic E-state index is 0.559. The minimum Gasteiger partial charge on any atom is -0.368 e. The van der Waals surface area contributed by atoms with E-state index in [1.807, 2.05) is 6.07 Å². The maximum atomic E-state index is 10.8. The second-order valence-electron chi connectivity index (χ2n) is 5.69. The SMILES string of the molecule is CC(C)CN1CCN(c2ccc(C=O)cc2C#N)CC1. The Labute approximate surface area is 120 Å². The number of aldehydes is 1. The molecule has 0 aromatic heterocycles. The number of nitriles is 1. The van der Waals surface area contributed by atoms with Crippen LogP contribution in [-0.2, 0) is 0 Å². The zero-order chi connectivity index (χ0) is 14.5. The lowest BCUT2D eigenvalue weighted by Crippen LogP contribution is -2.47. The molecule has 1 aliphatic heterocycles. The van der Waals surface area contributed by atoms with Crippen LogP contribution in [0.4, 0.5) is 5.69 Å². The van der Waals surface area contributed by atoms with Crippen LogP contribution in [0.5, 0.6) is 0 Å². The van der Waals surface area contributed by atoms with Crippen molar-refractivity contribution in [3.05, 3.63) is 29.3 Å². The third-order valence-electron chi connectivity index (χ3n) is 3.61. The first-order valence-corrected chi connectivity index (χ1v) is 7.10. The molecular weight excluding hydrogens is 250 g/mol. The van der Waals surface area contributed by atoms with Crippen molar-refractivity contribution in [1.29, 1.82) is 5.26 Å². The number of benzene rings is 1. The van der Waals surface area contributed by atoms with Crippen LogP contribution < -0.4 is 4.90 Å². The molecule has 1 heterocycles. The summed E-state index contributed by atoms with van der Waals surface area (Å²) in [6, 6.07) is 7.54. The second-order valence-corrected chi connectivity index (χ2v) is 5.69. The summed E-state index contributed by atoms with van der Waals surface area (Å²) in [5.41, 5.74) is 2.10. The van der Waals surface area contributed by atoms with E-state index in [-0.39, 0.29) is 0 Å². The lowest BCUT2D eigenvalue weighted by Gasteiger charge is -2.37. The summed E-state index contributed by atoms with van der Waals surface area (Å²) in [5.74, 6) is 0.683. The van der Waals surface area contributed by atoms with Crippen molar-refractivity contribution in [1.82, 2.24) is 4.90 Å². The van der Waals surface area contributed by atoms with E-state index in [2.05, 4.69) is 29.7 Å².